The predicted molar refractivity (Wildman–Crippen MR) is 112 cm³/mol. The summed E-state index contributed by atoms with van der Waals surface area (Å²) < 4.78 is 28.4. The molecule has 0 atom stereocenters. The van der Waals surface area contributed by atoms with E-state index in [1.165, 1.54) is 5.56 Å². The van der Waals surface area contributed by atoms with Crippen LogP contribution in [0, 0.1) is 0 Å². The molecule has 1 aliphatic carbocycles. The summed E-state index contributed by atoms with van der Waals surface area (Å²) in [5.41, 5.74) is 3.41. The molecule has 2 aromatic carbocycles. The average molecular weight is 385 g/mol. The Kier molecular flexibility index (Phi) is 6.47. The second-order valence-corrected chi connectivity index (χ2v) is 9.24. The normalized spacial score (nSPS) is 14.3. The second-order valence-electron chi connectivity index (χ2n) is 7.25. The van der Waals surface area contributed by atoms with Gasteiger partial charge in [-0.3, -0.25) is 0 Å². The molecule has 3 rings (SSSR count). The van der Waals surface area contributed by atoms with E-state index in [4.69, 9.17) is 0 Å². The van der Waals surface area contributed by atoms with E-state index in [0.29, 0.717) is 31.0 Å². The van der Waals surface area contributed by atoms with E-state index in [1.54, 1.807) is 4.31 Å². The van der Waals surface area contributed by atoms with Crippen molar-refractivity contribution < 1.29 is 8.42 Å². The molecule has 0 heterocycles. The van der Waals surface area contributed by atoms with E-state index in [0.717, 1.165) is 24.0 Å². The molecule has 5 heteroatoms. The van der Waals surface area contributed by atoms with Gasteiger partial charge in [-0.25, -0.2) is 8.42 Å². The van der Waals surface area contributed by atoms with Crippen LogP contribution in [0.4, 0.5) is 0 Å². The van der Waals surface area contributed by atoms with Crippen molar-refractivity contribution in [2.45, 2.75) is 19.3 Å². The first kappa shape index (κ1) is 19.8. The fraction of sp³-hybridized carbons (Fsp3) is 0.364. The molecular formula is C22H28N2O2S. The first-order chi connectivity index (χ1) is 13.0. The maximum Gasteiger partial charge on any atom is 0.239 e. The molecule has 0 N–H and O–H groups in total. The zero-order valence-corrected chi connectivity index (χ0v) is 17.0. The van der Waals surface area contributed by atoms with Gasteiger partial charge in [0, 0.05) is 19.6 Å². The summed E-state index contributed by atoms with van der Waals surface area (Å²) in [5.74, 6) is 0. The molecule has 1 aliphatic rings. The van der Waals surface area contributed by atoms with Gasteiger partial charge in [-0.05, 0) is 56.1 Å². The average Bonchev–Trinajstić information content (AvgIpc) is 2.68. The van der Waals surface area contributed by atoms with E-state index in [2.05, 4.69) is 6.07 Å². The predicted octanol–water partition coefficient (Wildman–Crippen LogP) is 3.41. The van der Waals surface area contributed by atoms with Crippen molar-refractivity contribution in [1.82, 2.24) is 9.21 Å². The molecule has 27 heavy (non-hydrogen) atoms. The maximum absolute atomic E-state index is 13.4. The molecule has 0 aromatic heterocycles. The molecule has 2 aromatic rings. The monoisotopic (exact) mass is 384 g/mol. The molecule has 0 radical (unpaired) electrons. The molecule has 0 saturated heterocycles. The molecule has 0 amide bonds. The molecule has 0 spiro atoms. The van der Waals surface area contributed by atoms with Crippen molar-refractivity contribution in [3.05, 3.63) is 76.2 Å². The smallest absolute Gasteiger partial charge is 0.239 e. The third-order valence-electron chi connectivity index (χ3n) is 4.97. The number of hydrogen-bond donors (Lipinski definition) is 0. The van der Waals surface area contributed by atoms with E-state index in [1.807, 2.05) is 73.6 Å². The first-order valence-corrected chi connectivity index (χ1v) is 10.9. The van der Waals surface area contributed by atoms with Crippen molar-refractivity contribution in [1.29, 1.82) is 0 Å². The molecule has 0 bridgehead atoms. The lowest BCUT2D eigenvalue weighted by molar-refractivity contribution is 0.336. The Bertz CT molecular complexity index is 890. The second kappa shape index (κ2) is 8.83. The highest BCUT2D eigenvalue weighted by molar-refractivity contribution is 7.93. The van der Waals surface area contributed by atoms with Crippen molar-refractivity contribution >= 4 is 16.1 Å². The van der Waals surface area contributed by atoms with Gasteiger partial charge in [0.05, 0.1) is 4.91 Å². The van der Waals surface area contributed by atoms with Gasteiger partial charge >= 0.3 is 0 Å². The quantitative estimate of drug-likeness (QED) is 0.700. The van der Waals surface area contributed by atoms with Gasteiger partial charge in [0.25, 0.3) is 0 Å². The summed E-state index contributed by atoms with van der Waals surface area (Å²) in [6, 6.07) is 18.1. The summed E-state index contributed by atoms with van der Waals surface area (Å²) in [7, 11) is 0.476. The number of aryl methyl sites for hydroxylation is 1. The van der Waals surface area contributed by atoms with Gasteiger partial charge in [0.2, 0.25) is 10.0 Å². The maximum atomic E-state index is 13.4. The molecule has 0 aliphatic heterocycles. The lowest BCUT2D eigenvalue weighted by Gasteiger charge is -2.27. The first-order valence-electron chi connectivity index (χ1n) is 9.44. The molecular weight excluding hydrogens is 356 g/mol. The molecule has 144 valence electrons. The standard InChI is InChI=1S/C22H28N2O2S/c1-23(2)16-17-24(15-14-19-8-4-3-5-9-19)27(25,26)22-13-12-20-10-6-7-11-21(20)18-22/h3-11,18H,12-17H2,1-2H3. The van der Waals surface area contributed by atoms with Gasteiger partial charge in [-0.2, -0.15) is 4.31 Å². The van der Waals surface area contributed by atoms with Crippen LogP contribution < -0.4 is 0 Å². The van der Waals surface area contributed by atoms with Crippen molar-refractivity contribution in [3.63, 3.8) is 0 Å². The SMILES string of the molecule is CN(C)CCN(CCc1ccccc1)S(=O)(=O)C1=Cc2ccccc2CC1. The van der Waals surface area contributed by atoms with E-state index < -0.39 is 10.0 Å². The molecule has 4 nitrogen and oxygen atoms in total. The van der Waals surface area contributed by atoms with Gasteiger partial charge < -0.3 is 4.90 Å². The van der Waals surface area contributed by atoms with E-state index in [-0.39, 0.29) is 0 Å². The highest BCUT2D eigenvalue weighted by atomic mass is 32.2. The Morgan fingerprint density at radius 1 is 0.852 bits per heavy atom. The van der Waals surface area contributed by atoms with E-state index >= 15 is 0 Å². The van der Waals surface area contributed by atoms with Gasteiger partial charge in [-0.1, -0.05) is 54.6 Å². The number of fused-ring (bicyclic) bond motifs is 1. The third kappa shape index (κ3) is 5.06. The van der Waals surface area contributed by atoms with Gasteiger partial charge in [0.1, 0.15) is 0 Å². The van der Waals surface area contributed by atoms with Crippen LogP contribution in [0.25, 0.3) is 6.08 Å². The summed E-state index contributed by atoms with van der Waals surface area (Å²) >= 11 is 0. The van der Waals surface area contributed by atoms with Crippen LogP contribution in [0.2, 0.25) is 0 Å². The van der Waals surface area contributed by atoms with E-state index in [9.17, 15) is 8.42 Å². The van der Waals surface area contributed by atoms with Gasteiger partial charge in [0.15, 0.2) is 0 Å². The number of hydrogen-bond acceptors (Lipinski definition) is 3. The molecule has 0 saturated carbocycles. The lowest BCUT2D eigenvalue weighted by atomic mass is 9.98. The largest absolute Gasteiger partial charge is 0.308 e. The number of rotatable bonds is 8. The Balaban J connectivity index is 1.82. The lowest BCUT2D eigenvalue weighted by Crippen LogP contribution is -2.39. The zero-order chi connectivity index (χ0) is 19.3. The fourth-order valence-corrected chi connectivity index (χ4v) is 4.96. The number of sulfonamides is 1. The van der Waals surface area contributed by atoms with Crippen LogP contribution in [0.5, 0.6) is 0 Å². The Morgan fingerprint density at radius 3 is 2.30 bits per heavy atom. The van der Waals surface area contributed by atoms with Crippen LogP contribution in [0.3, 0.4) is 0 Å². The van der Waals surface area contributed by atoms with Crippen LogP contribution >= 0.6 is 0 Å². The minimum atomic E-state index is -3.46. The molecule has 0 unspecified atom stereocenters. The van der Waals surface area contributed by atoms with Crippen molar-refractivity contribution in [3.8, 4) is 0 Å². The summed E-state index contributed by atoms with van der Waals surface area (Å²) in [6.07, 6.45) is 3.93. The fourth-order valence-electron chi connectivity index (χ4n) is 3.34. The number of likely N-dealkylation sites (N-methyl/N-ethyl adjacent to an activating group) is 1. The Labute approximate surface area is 163 Å². The molecule has 0 fully saturated rings. The summed E-state index contributed by atoms with van der Waals surface area (Å²) in [4.78, 5) is 2.56. The van der Waals surface area contributed by atoms with Gasteiger partial charge in [-0.15, -0.1) is 0 Å². The number of benzene rings is 2. The van der Waals surface area contributed by atoms with Crippen LogP contribution in [-0.2, 0) is 22.9 Å². The van der Waals surface area contributed by atoms with Crippen LogP contribution in [0.15, 0.2) is 59.5 Å². The number of nitrogens with zero attached hydrogens (tertiary/aromatic N) is 2. The van der Waals surface area contributed by atoms with Crippen molar-refractivity contribution in [2.24, 2.45) is 0 Å². The van der Waals surface area contributed by atoms with Crippen LogP contribution in [0.1, 0.15) is 23.1 Å². The summed E-state index contributed by atoms with van der Waals surface area (Å²) in [6.45, 7) is 1.71. The zero-order valence-electron chi connectivity index (χ0n) is 16.1. The number of allylic oxidation sites excluding steroid dienone is 1. The minimum absolute atomic E-state index is 0.499. The Hall–Kier alpha value is -1.95. The van der Waals surface area contributed by atoms with Crippen LogP contribution in [-0.4, -0.2) is 51.4 Å². The summed E-state index contributed by atoms with van der Waals surface area (Å²) in [5, 5.41) is 0. The topological polar surface area (TPSA) is 40.6 Å². The Morgan fingerprint density at radius 2 is 1.56 bits per heavy atom. The highest BCUT2D eigenvalue weighted by Gasteiger charge is 2.28. The third-order valence-corrected chi connectivity index (χ3v) is 7.00. The van der Waals surface area contributed by atoms with Crippen molar-refractivity contribution in [2.75, 3.05) is 33.7 Å². The minimum Gasteiger partial charge on any atom is -0.308 e. The highest BCUT2D eigenvalue weighted by Crippen LogP contribution is 2.29.